The van der Waals surface area contributed by atoms with Crippen LogP contribution in [0.1, 0.15) is 71.6 Å². The van der Waals surface area contributed by atoms with Gasteiger partial charge in [0.2, 0.25) is 6.04 Å². The van der Waals surface area contributed by atoms with Crippen LogP contribution in [0.5, 0.6) is 0 Å². The summed E-state index contributed by atoms with van der Waals surface area (Å²) >= 11 is 0. The molecule has 6 unspecified atom stereocenters. The van der Waals surface area contributed by atoms with Crippen molar-refractivity contribution in [3.63, 3.8) is 0 Å². The molecular formula is C17H32N2O2. The Hall–Kier alpha value is -0.640. The first kappa shape index (κ1) is 16.7. The van der Waals surface area contributed by atoms with Gasteiger partial charge in [-0.25, -0.2) is 0 Å². The largest absolute Gasteiger partial charge is 0.327 e. The summed E-state index contributed by atoms with van der Waals surface area (Å²) in [6.07, 6.45) is 10.3. The molecule has 2 rings (SSSR count). The Morgan fingerprint density at radius 1 is 1.10 bits per heavy atom. The molecule has 4 nitrogen and oxygen atoms in total. The molecule has 0 bridgehead atoms. The lowest BCUT2D eigenvalue weighted by Gasteiger charge is -2.35. The van der Waals surface area contributed by atoms with Gasteiger partial charge >= 0.3 is 0 Å². The van der Waals surface area contributed by atoms with Crippen LogP contribution in [-0.2, 0) is 0 Å². The predicted molar refractivity (Wildman–Crippen MR) is 85.6 cm³/mol. The summed E-state index contributed by atoms with van der Waals surface area (Å²) in [4.78, 5) is 11.1. The quantitative estimate of drug-likeness (QED) is 0.615. The summed E-state index contributed by atoms with van der Waals surface area (Å²) in [6.45, 7) is 4.30. The lowest BCUT2D eigenvalue weighted by Crippen LogP contribution is -2.37. The minimum atomic E-state index is -0.312. The maximum absolute atomic E-state index is 11.1. The van der Waals surface area contributed by atoms with E-state index in [-0.39, 0.29) is 16.9 Å². The highest BCUT2D eigenvalue weighted by atomic mass is 16.6. The molecule has 4 heteroatoms. The molecule has 0 heterocycles. The summed E-state index contributed by atoms with van der Waals surface area (Å²) in [5.74, 6) is 2.28. The van der Waals surface area contributed by atoms with E-state index in [1.54, 1.807) is 0 Å². The van der Waals surface area contributed by atoms with Crippen LogP contribution in [0.4, 0.5) is 0 Å². The van der Waals surface area contributed by atoms with Gasteiger partial charge in [0.25, 0.3) is 0 Å². The van der Waals surface area contributed by atoms with Crippen LogP contribution < -0.4 is 5.73 Å². The van der Waals surface area contributed by atoms with Gasteiger partial charge in [0.15, 0.2) is 0 Å². The first-order valence-electron chi connectivity index (χ1n) is 8.90. The molecule has 2 N–H and O–H groups in total. The van der Waals surface area contributed by atoms with Gasteiger partial charge < -0.3 is 5.73 Å². The zero-order valence-corrected chi connectivity index (χ0v) is 13.7. The van der Waals surface area contributed by atoms with Crippen molar-refractivity contribution in [3.8, 4) is 0 Å². The summed E-state index contributed by atoms with van der Waals surface area (Å²) in [5, 5.41) is 11.1. The third-order valence-corrected chi connectivity index (χ3v) is 6.21. The molecule has 2 aliphatic carbocycles. The first-order valence-corrected chi connectivity index (χ1v) is 8.90. The van der Waals surface area contributed by atoms with Crippen molar-refractivity contribution >= 4 is 0 Å². The van der Waals surface area contributed by atoms with Gasteiger partial charge in [-0.05, 0) is 56.3 Å². The number of hydrogen-bond donors (Lipinski definition) is 1. The Morgan fingerprint density at radius 3 is 2.43 bits per heavy atom. The topological polar surface area (TPSA) is 69.2 Å². The number of rotatable bonds is 5. The number of hydrogen-bond acceptors (Lipinski definition) is 3. The second-order valence-electron chi connectivity index (χ2n) is 7.60. The standard InChI is InChI=1S/C17H32N2O2/c1-3-13-6-8-15(16(18)10-13)9-7-14-5-4-12(2)17(11-14)19(20)21/h12-17H,3-11,18H2,1-2H3. The average molecular weight is 296 g/mol. The van der Waals surface area contributed by atoms with E-state index in [0.29, 0.717) is 17.9 Å². The average Bonchev–Trinajstić information content (AvgIpc) is 2.47. The van der Waals surface area contributed by atoms with Crippen LogP contribution in [0.15, 0.2) is 0 Å². The third-order valence-electron chi connectivity index (χ3n) is 6.21. The fourth-order valence-electron chi connectivity index (χ4n) is 4.48. The first-order chi connectivity index (χ1) is 10.0. The Labute approximate surface area is 129 Å². The van der Waals surface area contributed by atoms with Crippen LogP contribution >= 0.6 is 0 Å². The van der Waals surface area contributed by atoms with E-state index >= 15 is 0 Å². The van der Waals surface area contributed by atoms with E-state index in [4.69, 9.17) is 5.73 Å². The highest BCUT2D eigenvalue weighted by Crippen LogP contribution is 2.37. The number of nitrogens with two attached hydrogens (primary N) is 1. The normalized spacial score (nSPS) is 40.9. The Bertz CT molecular complexity index is 348. The Morgan fingerprint density at radius 2 is 1.81 bits per heavy atom. The third kappa shape index (κ3) is 4.41. The molecule has 122 valence electrons. The van der Waals surface area contributed by atoms with Gasteiger partial charge in [0.1, 0.15) is 0 Å². The summed E-state index contributed by atoms with van der Waals surface area (Å²) in [6, 6.07) is 0.0470. The van der Waals surface area contributed by atoms with Crippen LogP contribution in [-0.4, -0.2) is 17.0 Å². The molecule has 2 fully saturated rings. The molecule has 0 spiro atoms. The Kier molecular flexibility index (Phi) is 6.03. The minimum absolute atomic E-state index is 0.0466. The zero-order valence-electron chi connectivity index (χ0n) is 13.7. The van der Waals surface area contributed by atoms with E-state index in [9.17, 15) is 10.1 Å². The SMILES string of the molecule is CCC1CCC(CCC2CCC(C)C([N+](=O)[O-])C2)C(N)C1. The molecule has 0 radical (unpaired) electrons. The van der Waals surface area contributed by atoms with Gasteiger partial charge in [0, 0.05) is 23.3 Å². The van der Waals surface area contributed by atoms with Crippen LogP contribution in [0.3, 0.4) is 0 Å². The maximum atomic E-state index is 11.1. The van der Waals surface area contributed by atoms with E-state index in [0.717, 1.165) is 25.2 Å². The van der Waals surface area contributed by atoms with Crippen molar-refractivity contribution in [3.05, 3.63) is 10.1 Å². The van der Waals surface area contributed by atoms with E-state index in [2.05, 4.69) is 6.92 Å². The molecule has 0 aromatic rings. The van der Waals surface area contributed by atoms with Crippen LogP contribution in [0, 0.1) is 33.8 Å². The fourth-order valence-corrected chi connectivity index (χ4v) is 4.48. The fraction of sp³-hybridized carbons (Fsp3) is 1.00. The monoisotopic (exact) mass is 296 g/mol. The second kappa shape index (κ2) is 7.57. The molecule has 6 atom stereocenters. The minimum Gasteiger partial charge on any atom is -0.327 e. The van der Waals surface area contributed by atoms with Crippen molar-refractivity contribution in [2.24, 2.45) is 29.4 Å². The molecule has 0 aromatic heterocycles. The van der Waals surface area contributed by atoms with Gasteiger partial charge in [-0.3, -0.25) is 10.1 Å². The molecule has 0 saturated heterocycles. The maximum Gasteiger partial charge on any atom is 0.215 e. The number of nitrogens with zero attached hydrogens (tertiary/aromatic N) is 1. The number of nitro groups is 1. The van der Waals surface area contributed by atoms with Crippen molar-refractivity contribution < 1.29 is 4.92 Å². The second-order valence-corrected chi connectivity index (χ2v) is 7.60. The van der Waals surface area contributed by atoms with E-state index < -0.39 is 0 Å². The van der Waals surface area contributed by atoms with E-state index in [1.807, 2.05) is 6.92 Å². The lowest BCUT2D eigenvalue weighted by molar-refractivity contribution is -0.536. The Balaban J connectivity index is 1.77. The molecule has 0 aromatic carbocycles. The molecular weight excluding hydrogens is 264 g/mol. The molecule has 2 saturated carbocycles. The van der Waals surface area contributed by atoms with Gasteiger partial charge in [-0.2, -0.15) is 0 Å². The van der Waals surface area contributed by atoms with Gasteiger partial charge in [0.05, 0.1) is 0 Å². The lowest BCUT2D eigenvalue weighted by atomic mass is 9.72. The van der Waals surface area contributed by atoms with Crippen LogP contribution in [0.2, 0.25) is 0 Å². The van der Waals surface area contributed by atoms with Crippen molar-refractivity contribution in [1.29, 1.82) is 0 Å². The summed E-state index contributed by atoms with van der Waals surface area (Å²) in [7, 11) is 0. The van der Waals surface area contributed by atoms with Crippen molar-refractivity contribution in [1.82, 2.24) is 0 Å². The smallest absolute Gasteiger partial charge is 0.215 e. The molecule has 2 aliphatic rings. The van der Waals surface area contributed by atoms with Crippen molar-refractivity contribution in [2.45, 2.75) is 83.7 Å². The summed E-state index contributed by atoms with van der Waals surface area (Å²) < 4.78 is 0. The van der Waals surface area contributed by atoms with Gasteiger partial charge in [-0.1, -0.05) is 26.7 Å². The zero-order chi connectivity index (χ0) is 15.4. The van der Waals surface area contributed by atoms with Crippen LogP contribution in [0.25, 0.3) is 0 Å². The molecule has 0 amide bonds. The molecule has 0 aliphatic heterocycles. The van der Waals surface area contributed by atoms with E-state index in [1.165, 1.54) is 38.5 Å². The summed E-state index contributed by atoms with van der Waals surface area (Å²) in [5.41, 5.74) is 6.35. The predicted octanol–water partition coefficient (Wildman–Crippen LogP) is 4.00. The molecule has 21 heavy (non-hydrogen) atoms. The van der Waals surface area contributed by atoms with Gasteiger partial charge in [-0.15, -0.1) is 0 Å². The highest BCUT2D eigenvalue weighted by Gasteiger charge is 2.36. The van der Waals surface area contributed by atoms with Crippen molar-refractivity contribution in [2.75, 3.05) is 0 Å². The highest BCUT2D eigenvalue weighted by molar-refractivity contribution is 4.84.